The molecule has 1 aliphatic rings. The van der Waals surface area contributed by atoms with Gasteiger partial charge in [-0.3, -0.25) is 14.9 Å². The third kappa shape index (κ3) is 5.44. The molecule has 0 unspecified atom stereocenters. The number of hydrogen-bond donors (Lipinski definition) is 1. The van der Waals surface area contributed by atoms with Gasteiger partial charge in [-0.05, 0) is 64.0 Å². The molecule has 7 nitrogen and oxygen atoms in total. The first-order chi connectivity index (χ1) is 17.2. The summed E-state index contributed by atoms with van der Waals surface area (Å²) in [6, 6.07) is 14.3. The minimum Gasteiger partial charge on any atom is -0.493 e. The fourth-order valence-electron chi connectivity index (χ4n) is 3.41. The topological polar surface area (TPSA) is 84.9 Å². The number of halogens is 4. The van der Waals surface area contributed by atoms with Crippen LogP contribution in [0.5, 0.6) is 11.5 Å². The number of anilines is 1. The van der Waals surface area contributed by atoms with E-state index in [0.717, 1.165) is 14.9 Å². The van der Waals surface area contributed by atoms with E-state index in [2.05, 4.69) is 37.2 Å². The van der Waals surface area contributed by atoms with Gasteiger partial charge in [0.25, 0.3) is 11.8 Å². The lowest BCUT2D eigenvalue weighted by Crippen LogP contribution is -2.54. The molecule has 4 rings (SSSR count). The van der Waals surface area contributed by atoms with Crippen LogP contribution in [0.2, 0.25) is 10.0 Å². The molecule has 0 spiro atoms. The van der Waals surface area contributed by atoms with Crippen molar-refractivity contribution in [3.05, 3.63) is 90.3 Å². The average Bonchev–Trinajstić information content (AvgIpc) is 2.83. The second-order valence-corrected chi connectivity index (χ2v) is 9.99. The Bertz CT molecular complexity index is 1430. The highest BCUT2D eigenvalue weighted by molar-refractivity contribution is 9.10. The molecule has 3 aromatic rings. The Hall–Kier alpha value is -2.85. The molecule has 1 N–H and O–H groups in total. The van der Waals surface area contributed by atoms with E-state index in [1.807, 2.05) is 24.3 Å². The Morgan fingerprint density at radius 3 is 2.42 bits per heavy atom. The summed E-state index contributed by atoms with van der Waals surface area (Å²) in [6.07, 6.45) is 1.36. The van der Waals surface area contributed by atoms with E-state index in [-0.39, 0.29) is 27.9 Å². The molecule has 1 saturated heterocycles. The number of methoxy groups -OCH3 is 1. The number of amides is 4. The number of ether oxygens (including phenoxy) is 2. The summed E-state index contributed by atoms with van der Waals surface area (Å²) in [5.41, 5.74) is 1.32. The summed E-state index contributed by atoms with van der Waals surface area (Å²) in [7, 11) is 1.48. The third-order valence-corrected chi connectivity index (χ3v) is 7.26. The summed E-state index contributed by atoms with van der Waals surface area (Å²) in [5, 5.41) is 2.59. The van der Waals surface area contributed by atoms with Gasteiger partial charge in [0.2, 0.25) is 0 Å². The minimum absolute atomic E-state index is 0.156. The lowest BCUT2D eigenvalue weighted by molar-refractivity contribution is -0.122. The second-order valence-electron chi connectivity index (χ2n) is 7.47. The first-order valence-electron chi connectivity index (χ1n) is 10.3. The van der Waals surface area contributed by atoms with Gasteiger partial charge in [0.1, 0.15) is 12.2 Å². The molecule has 1 aliphatic heterocycles. The minimum atomic E-state index is -0.893. The predicted molar refractivity (Wildman–Crippen MR) is 145 cm³/mol. The molecule has 0 saturated carbocycles. The van der Waals surface area contributed by atoms with Crippen molar-refractivity contribution in [3.63, 3.8) is 0 Å². The van der Waals surface area contributed by atoms with Gasteiger partial charge in [-0.15, -0.1) is 0 Å². The van der Waals surface area contributed by atoms with Crippen LogP contribution in [-0.2, 0) is 16.2 Å². The summed E-state index contributed by atoms with van der Waals surface area (Å²) in [5.74, 6) is -0.816. The smallest absolute Gasteiger partial charge is 0.335 e. The molecule has 0 bridgehead atoms. The van der Waals surface area contributed by atoms with Crippen molar-refractivity contribution in [1.29, 1.82) is 0 Å². The maximum atomic E-state index is 13.2. The van der Waals surface area contributed by atoms with Crippen LogP contribution in [0.3, 0.4) is 0 Å². The molecular formula is C25H16Br2Cl2N2O5. The molecule has 4 amide bonds. The number of rotatable bonds is 6. The number of carbonyl (C=O) groups is 3. The van der Waals surface area contributed by atoms with Crippen LogP contribution in [0.4, 0.5) is 10.5 Å². The molecule has 0 aromatic heterocycles. The van der Waals surface area contributed by atoms with Gasteiger partial charge in [0, 0.05) is 10.0 Å². The van der Waals surface area contributed by atoms with Crippen LogP contribution in [0.25, 0.3) is 6.08 Å². The molecule has 1 fully saturated rings. The number of nitrogens with zero attached hydrogens (tertiary/aromatic N) is 1. The fraction of sp³-hybridized carbons (Fsp3) is 0.0800. The van der Waals surface area contributed by atoms with Crippen LogP contribution in [0, 0.1) is 0 Å². The van der Waals surface area contributed by atoms with Gasteiger partial charge in [-0.1, -0.05) is 57.3 Å². The van der Waals surface area contributed by atoms with Crippen LogP contribution < -0.4 is 19.7 Å². The molecule has 0 atom stereocenters. The molecule has 1 heterocycles. The molecule has 0 aliphatic carbocycles. The number of imide groups is 2. The van der Waals surface area contributed by atoms with Crippen molar-refractivity contribution in [3.8, 4) is 11.5 Å². The van der Waals surface area contributed by atoms with Gasteiger partial charge >= 0.3 is 6.03 Å². The Balaban J connectivity index is 1.66. The van der Waals surface area contributed by atoms with Gasteiger partial charge in [0.15, 0.2) is 11.5 Å². The number of carbonyl (C=O) groups excluding carboxylic acids is 3. The van der Waals surface area contributed by atoms with Crippen LogP contribution in [-0.4, -0.2) is 25.0 Å². The Labute approximate surface area is 233 Å². The number of hydrogen-bond acceptors (Lipinski definition) is 5. The van der Waals surface area contributed by atoms with Crippen molar-refractivity contribution in [2.24, 2.45) is 0 Å². The lowest BCUT2D eigenvalue weighted by atomic mass is 10.1. The highest BCUT2D eigenvalue weighted by Crippen LogP contribution is 2.38. The zero-order valence-corrected chi connectivity index (χ0v) is 23.2. The normalized spacial score (nSPS) is 14.8. The van der Waals surface area contributed by atoms with E-state index in [1.54, 1.807) is 12.1 Å². The van der Waals surface area contributed by atoms with Crippen LogP contribution in [0.15, 0.2) is 69.1 Å². The van der Waals surface area contributed by atoms with Gasteiger partial charge < -0.3 is 9.47 Å². The average molecular weight is 655 g/mol. The first-order valence-corrected chi connectivity index (χ1v) is 12.6. The summed E-state index contributed by atoms with van der Waals surface area (Å²) in [4.78, 5) is 39.0. The second kappa shape index (κ2) is 11.0. The number of nitrogens with one attached hydrogen (secondary N) is 1. The maximum Gasteiger partial charge on any atom is 0.335 e. The van der Waals surface area contributed by atoms with Crippen molar-refractivity contribution in [1.82, 2.24) is 5.32 Å². The van der Waals surface area contributed by atoms with E-state index in [1.165, 1.54) is 31.4 Å². The Kier molecular flexibility index (Phi) is 8.04. The third-order valence-electron chi connectivity index (χ3n) is 5.16. The highest BCUT2D eigenvalue weighted by atomic mass is 79.9. The summed E-state index contributed by atoms with van der Waals surface area (Å²) < 4.78 is 12.9. The van der Waals surface area contributed by atoms with Crippen molar-refractivity contribution in [2.75, 3.05) is 12.0 Å². The van der Waals surface area contributed by atoms with E-state index in [0.29, 0.717) is 21.5 Å². The van der Waals surface area contributed by atoms with Crippen LogP contribution >= 0.6 is 55.1 Å². The Morgan fingerprint density at radius 1 is 0.972 bits per heavy atom. The molecular weight excluding hydrogens is 639 g/mol. The van der Waals surface area contributed by atoms with E-state index in [4.69, 9.17) is 32.7 Å². The molecule has 3 aromatic carbocycles. The quantitative estimate of drug-likeness (QED) is 0.234. The van der Waals surface area contributed by atoms with E-state index in [9.17, 15) is 14.4 Å². The first kappa shape index (κ1) is 26.2. The number of urea groups is 1. The van der Waals surface area contributed by atoms with Gasteiger partial charge in [-0.25, -0.2) is 9.69 Å². The SMILES string of the molecule is COc1cc(/C=C2\C(=O)NC(=O)N(c3ccc(Cl)c(Cl)c3)C2=O)cc(Br)c1OCc1ccccc1Br. The maximum absolute atomic E-state index is 13.2. The highest BCUT2D eigenvalue weighted by Gasteiger charge is 2.37. The van der Waals surface area contributed by atoms with Crippen molar-refractivity contribution < 1.29 is 23.9 Å². The standard InChI is InChI=1S/C25H16Br2Cl2N2O5/c1-35-21-10-13(9-18(27)22(21)36-12-14-4-2-3-5-17(14)26)8-16-23(32)30-25(34)31(24(16)33)15-6-7-19(28)20(29)11-15/h2-11H,12H2,1H3,(H,30,32,34)/b16-8+. The predicted octanol–water partition coefficient (Wildman–Crippen LogP) is 6.77. The summed E-state index contributed by atoms with van der Waals surface area (Å²) in [6.45, 7) is 0.276. The monoisotopic (exact) mass is 652 g/mol. The molecule has 11 heteroatoms. The number of benzene rings is 3. The molecule has 36 heavy (non-hydrogen) atoms. The summed E-state index contributed by atoms with van der Waals surface area (Å²) >= 11 is 19.0. The zero-order chi connectivity index (χ0) is 26.0. The fourth-order valence-corrected chi connectivity index (χ4v) is 4.68. The van der Waals surface area contributed by atoms with Crippen LogP contribution in [0.1, 0.15) is 11.1 Å². The largest absolute Gasteiger partial charge is 0.493 e. The Morgan fingerprint density at radius 2 is 1.72 bits per heavy atom. The lowest BCUT2D eigenvalue weighted by Gasteiger charge is -2.26. The van der Waals surface area contributed by atoms with E-state index < -0.39 is 17.8 Å². The molecule has 0 radical (unpaired) electrons. The van der Waals surface area contributed by atoms with Gasteiger partial charge in [-0.2, -0.15) is 0 Å². The zero-order valence-electron chi connectivity index (χ0n) is 18.5. The van der Waals surface area contributed by atoms with Crippen molar-refractivity contribution >= 4 is 84.7 Å². The van der Waals surface area contributed by atoms with E-state index >= 15 is 0 Å². The number of barbiturate groups is 1. The molecule has 184 valence electrons. The van der Waals surface area contributed by atoms with Crippen molar-refractivity contribution in [2.45, 2.75) is 6.61 Å². The van der Waals surface area contributed by atoms with Gasteiger partial charge in [0.05, 0.1) is 27.3 Å².